The van der Waals surface area contributed by atoms with Crippen LogP contribution in [-0.4, -0.2) is 36.0 Å². The predicted molar refractivity (Wildman–Crippen MR) is 55.8 cm³/mol. The summed E-state index contributed by atoms with van der Waals surface area (Å²) in [6.07, 6.45) is 2.54. The molecule has 0 fully saturated rings. The summed E-state index contributed by atoms with van der Waals surface area (Å²) in [6, 6.07) is 0. The van der Waals surface area contributed by atoms with Crippen molar-refractivity contribution in [2.75, 3.05) is 20.3 Å². The Morgan fingerprint density at radius 2 is 2.47 bits per heavy atom. The number of aldehydes is 1. The van der Waals surface area contributed by atoms with Gasteiger partial charge in [-0.25, -0.2) is 0 Å². The largest absolute Gasteiger partial charge is 0.474 e. The molecular weight excluding hydrogens is 216 g/mol. The van der Waals surface area contributed by atoms with Crippen LogP contribution < -0.4 is 4.74 Å². The molecule has 0 aliphatic carbocycles. The first-order valence-corrected chi connectivity index (χ1v) is 5.27. The fourth-order valence-corrected chi connectivity index (χ4v) is 1.93. The molecule has 0 amide bonds. The van der Waals surface area contributed by atoms with Crippen LogP contribution >= 0.6 is 11.3 Å². The summed E-state index contributed by atoms with van der Waals surface area (Å²) < 4.78 is 11.9. The van der Waals surface area contributed by atoms with Crippen molar-refractivity contribution in [3.63, 3.8) is 0 Å². The van der Waals surface area contributed by atoms with Crippen molar-refractivity contribution in [2.24, 2.45) is 0 Å². The van der Waals surface area contributed by atoms with Crippen molar-refractivity contribution >= 4 is 22.6 Å². The molecule has 0 spiro atoms. The number of aromatic nitrogens is 2. The highest BCUT2D eigenvalue weighted by atomic mass is 32.1. The van der Waals surface area contributed by atoms with Gasteiger partial charge in [0.25, 0.3) is 0 Å². The van der Waals surface area contributed by atoms with Crippen LogP contribution in [0.3, 0.4) is 0 Å². The van der Waals surface area contributed by atoms with Crippen LogP contribution in [0, 0.1) is 0 Å². The minimum absolute atomic E-state index is 0.369. The molecule has 0 unspecified atom stereocenters. The molecule has 5 nitrogen and oxygen atoms in total. The number of fused-ring (bicyclic) bond motifs is 1. The number of imidazole rings is 1. The zero-order chi connectivity index (χ0) is 10.7. The first kappa shape index (κ1) is 10.1. The molecule has 2 aromatic heterocycles. The second-order valence-corrected chi connectivity index (χ2v) is 3.69. The second kappa shape index (κ2) is 4.41. The predicted octanol–water partition coefficient (Wildman–Crippen LogP) is 1.23. The molecule has 0 saturated carbocycles. The van der Waals surface area contributed by atoms with E-state index < -0.39 is 0 Å². The van der Waals surface area contributed by atoms with Crippen LogP contribution in [0.25, 0.3) is 4.96 Å². The molecule has 0 aliphatic heterocycles. The van der Waals surface area contributed by atoms with Crippen molar-refractivity contribution in [3.8, 4) is 5.88 Å². The minimum Gasteiger partial charge on any atom is -0.474 e. The Bertz CT molecular complexity index is 463. The summed E-state index contributed by atoms with van der Waals surface area (Å²) >= 11 is 1.46. The number of methoxy groups -OCH3 is 1. The lowest BCUT2D eigenvalue weighted by molar-refractivity contribution is 0.110. The van der Waals surface area contributed by atoms with Crippen LogP contribution in [0.4, 0.5) is 0 Å². The summed E-state index contributed by atoms with van der Waals surface area (Å²) in [5.41, 5.74) is 0.447. The maximum absolute atomic E-state index is 10.9. The minimum atomic E-state index is 0.369. The molecular formula is C9H10N2O3S. The van der Waals surface area contributed by atoms with Crippen LogP contribution in [0.15, 0.2) is 11.6 Å². The van der Waals surface area contributed by atoms with Gasteiger partial charge in [-0.1, -0.05) is 0 Å². The molecule has 2 rings (SSSR count). The van der Waals surface area contributed by atoms with Gasteiger partial charge in [-0.15, -0.1) is 11.3 Å². The van der Waals surface area contributed by atoms with Gasteiger partial charge in [-0.3, -0.25) is 9.20 Å². The maximum Gasteiger partial charge on any atom is 0.244 e. The number of carbonyl (C=O) groups excluding carboxylic acids is 1. The van der Waals surface area contributed by atoms with E-state index >= 15 is 0 Å². The molecule has 0 aromatic carbocycles. The standard InChI is InChI=1S/C9H10N2O3S/c1-13-3-4-14-8-7(6-12)11-2-5-15-9(11)10-8/h2,5-6H,3-4H2,1H3. The fraction of sp³-hybridized carbons (Fsp3) is 0.333. The zero-order valence-corrected chi connectivity index (χ0v) is 8.99. The third-order valence-electron chi connectivity index (χ3n) is 1.90. The van der Waals surface area contributed by atoms with E-state index in [1.807, 2.05) is 5.38 Å². The quantitative estimate of drug-likeness (QED) is 0.568. The van der Waals surface area contributed by atoms with Crippen LogP contribution in [0.2, 0.25) is 0 Å². The van der Waals surface area contributed by atoms with Crippen molar-refractivity contribution in [3.05, 3.63) is 17.3 Å². The average Bonchev–Trinajstić information content (AvgIpc) is 2.77. The molecule has 0 aliphatic rings. The highest BCUT2D eigenvalue weighted by molar-refractivity contribution is 7.15. The Morgan fingerprint density at radius 1 is 1.60 bits per heavy atom. The number of ether oxygens (including phenoxy) is 2. The van der Waals surface area contributed by atoms with Gasteiger partial charge in [0.2, 0.25) is 5.88 Å². The molecule has 0 bridgehead atoms. The van der Waals surface area contributed by atoms with E-state index in [1.54, 1.807) is 17.7 Å². The first-order chi connectivity index (χ1) is 7.36. The first-order valence-electron chi connectivity index (χ1n) is 4.39. The molecule has 0 atom stereocenters. The Kier molecular flexibility index (Phi) is 2.98. The number of hydrogen-bond donors (Lipinski definition) is 0. The van der Waals surface area contributed by atoms with E-state index in [-0.39, 0.29) is 0 Å². The van der Waals surface area contributed by atoms with Crippen LogP contribution in [0.1, 0.15) is 10.5 Å². The molecule has 0 N–H and O–H groups in total. The fourth-order valence-electron chi connectivity index (χ4n) is 1.22. The third-order valence-corrected chi connectivity index (χ3v) is 2.66. The Labute approximate surface area is 90.3 Å². The number of thiazole rings is 1. The number of nitrogens with zero attached hydrogens (tertiary/aromatic N) is 2. The topological polar surface area (TPSA) is 52.8 Å². The van der Waals surface area contributed by atoms with Gasteiger partial charge in [-0.05, 0) is 0 Å². The number of hydrogen-bond acceptors (Lipinski definition) is 5. The maximum atomic E-state index is 10.9. The van der Waals surface area contributed by atoms with Crippen molar-refractivity contribution in [1.82, 2.24) is 9.38 Å². The smallest absolute Gasteiger partial charge is 0.244 e. The monoisotopic (exact) mass is 226 g/mol. The molecule has 2 heterocycles. The van der Waals surface area contributed by atoms with Crippen molar-refractivity contribution in [2.45, 2.75) is 0 Å². The number of rotatable bonds is 5. The van der Waals surface area contributed by atoms with Crippen molar-refractivity contribution < 1.29 is 14.3 Å². The van der Waals surface area contributed by atoms with E-state index in [2.05, 4.69) is 4.98 Å². The van der Waals surface area contributed by atoms with Crippen LogP contribution in [0.5, 0.6) is 5.88 Å². The number of carbonyl (C=O) groups is 1. The van der Waals surface area contributed by atoms with E-state index in [1.165, 1.54) is 11.3 Å². The van der Waals surface area contributed by atoms with E-state index in [4.69, 9.17) is 9.47 Å². The van der Waals surface area contributed by atoms with Gasteiger partial charge in [0.1, 0.15) is 6.61 Å². The van der Waals surface area contributed by atoms with Gasteiger partial charge in [0, 0.05) is 18.7 Å². The Morgan fingerprint density at radius 3 is 3.20 bits per heavy atom. The SMILES string of the molecule is COCCOc1nc2sccn2c1C=O. The van der Waals surface area contributed by atoms with Gasteiger partial charge in [-0.2, -0.15) is 4.98 Å². The zero-order valence-electron chi connectivity index (χ0n) is 8.17. The lowest BCUT2D eigenvalue weighted by Gasteiger charge is -2.01. The van der Waals surface area contributed by atoms with E-state index in [0.717, 1.165) is 11.2 Å². The normalized spacial score (nSPS) is 10.7. The Hall–Kier alpha value is -1.40. The third kappa shape index (κ3) is 1.86. The summed E-state index contributed by atoms with van der Waals surface area (Å²) in [5, 5.41) is 1.87. The van der Waals surface area contributed by atoms with Crippen LogP contribution in [-0.2, 0) is 4.74 Å². The lowest BCUT2D eigenvalue weighted by atomic mass is 10.5. The summed E-state index contributed by atoms with van der Waals surface area (Å²) in [4.78, 5) is 15.8. The van der Waals surface area contributed by atoms with Crippen molar-refractivity contribution in [1.29, 1.82) is 0 Å². The highest BCUT2D eigenvalue weighted by Crippen LogP contribution is 2.21. The van der Waals surface area contributed by atoms with Gasteiger partial charge in [0.15, 0.2) is 16.9 Å². The summed E-state index contributed by atoms with van der Waals surface area (Å²) in [6.45, 7) is 0.867. The molecule has 80 valence electrons. The average molecular weight is 226 g/mol. The van der Waals surface area contributed by atoms with E-state index in [9.17, 15) is 4.79 Å². The summed E-state index contributed by atoms with van der Waals surface area (Å²) in [5.74, 6) is 0.369. The molecule has 2 aromatic rings. The summed E-state index contributed by atoms with van der Waals surface area (Å²) in [7, 11) is 1.59. The Balaban J connectivity index is 2.25. The lowest BCUT2D eigenvalue weighted by Crippen LogP contribution is -2.06. The second-order valence-electron chi connectivity index (χ2n) is 2.82. The van der Waals surface area contributed by atoms with Gasteiger partial charge < -0.3 is 9.47 Å². The molecule has 6 heteroatoms. The van der Waals surface area contributed by atoms with E-state index in [0.29, 0.717) is 24.8 Å². The molecule has 15 heavy (non-hydrogen) atoms. The molecule has 0 saturated heterocycles. The van der Waals surface area contributed by atoms with Gasteiger partial charge >= 0.3 is 0 Å². The van der Waals surface area contributed by atoms with Gasteiger partial charge in [0.05, 0.1) is 6.61 Å². The highest BCUT2D eigenvalue weighted by Gasteiger charge is 2.13. The molecule has 0 radical (unpaired) electrons.